The number of unbranched alkanes of at least 4 members (excludes halogenated alkanes) is 42. The molecule has 0 bridgehead atoms. The normalized spacial score (nSPS) is 19.3. The van der Waals surface area contributed by atoms with Crippen LogP contribution in [0.2, 0.25) is 0 Å². The Morgan fingerprint density at radius 1 is 0.465 bits per heavy atom. The summed E-state index contributed by atoms with van der Waals surface area (Å²) in [6.45, 7) is 3.81. The molecule has 420 valence electrons. The van der Waals surface area contributed by atoms with Crippen LogP contribution in [0.5, 0.6) is 0 Å². The molecule has 0 radical (unpaired) electrons. The molecule has 0 saturated carbocycles. The second-order valence-electron chi connectivity index (χ2n) is 21.9. The van der Waals surface area contributed by atoms with Crippen LogP contribution in [0.4, 0.5) is 0 Å². The SMILES string of the molecule is CCCCCCCCC/C=C\CCCCCCCC(=O)NC(COC1OC(CO)C(O)C(O)C1O)C(O)/C=C/CCCCCCCCCCCCCCCCCCCCCCCCCCCCCCCC. The Morgan fingerprint density at radius 2 is 0.789 bits per heavy atom. The third-order valence-electron chi connectivity index (χ3n) is 15.0. The molecular formula is C62H119NO8. The number of aliphatic hydroxyl groups excluding tert-OH is 5. The van der Waals surface area contributed by atoms with Crippen LogP contribution in [0, 0.1) is 0 Å². The predicted molar refractivity (Wildman–Crippen MR) is 300 cm³/mol. The van der Waals surface area contributed by atoms with Gasteiger partial charge in [0.1, 0.15) is 24.4 Å². The van der Waals surface area contributed by atoms with Crippen molar-refractivity contribution >= 4 is 5.91 Å². The Bertz CT molecular complexity index is 1170. The van der Waals surface area contributed by atoms with E-state index in [4.69, 9.17) is 9.47 Å². The minimum absolute atomic E-state index is 0.181. The molecule has 7 atom stereocenters. The molecule has 1 fully saturated rings. The van der Waals surface area contributed by atoms with Crippen LogP contribution in [0.1, 0.15) is 309 Å². The van der Waals surface area contributed by atoms with Gasteiger partial charge >= 0.3 is 0 Å². The Kier molecular flexibility index (Phi) is 49.7. The van der Waals surface area contributed by atoms with Gasteiger partial charge < -0.3 is 40.3 Å². The van der Waals surface area contributed by atoms with Gasteiger partial charge in [-0.05, 0) is 44.9 Å². The maximum Gasteiger partial charge on any atom is 0.220 e. The zero-order valence-corrected chi connectivity index (χ0v) is 46.8. The minimum atomic E-state index is -1.57. The first kappa shape index (κ1) is 67.7. The molecule has 9 heteroatoms. The van der Waals surface area contributed by atoms with E-state index in [-0.39, 0.29) is 12.5 Å². The first-order valence-corrected chi connectivity index (χ1v) is 31.1. The molecule has 71 heavy (non-hydrogen) atoms. The summed E-state index contributed by atoms with van der Waals surface area (Å²) in [4.78, 5) is 13.0. The van der Waals surface area contributed by atoms with Crippen molar-refractivity contribution in [2.24, 2.45) is 0 Å². The summed E-state index contributed by atoms with van der Waals surface area (Å²) in [6, 6.07) is -0.808. The highest BCUT2D eigenvalue weighted by Crippen LogP contribution is 2.23. The average Bonchev–Trinajstić information content (AvgIpc) is 3.37. The molecule has 0 aromatic heterocycles. The van der Waals surface area contributed by atoms with E-state index in [1.54, 1.807) is 6.08 Å². The fourth-order valence-electron chi connectivity index (χ4n) is 10.1. The topological polar surface area (TPSA) is 149 Å². The first-order chi connectivity index (χ1) is 34.8. The lowest BCUT2D eigenvalue weighted by molar-refractivity contribution is -0.302. The van der Waals surface area contributed by atoms with Crippen molar-refractivity contribution in [3.05, 3.63) is 24.3 Å². The van der Waals surface area contributed by atoms with Crippen molar-refractivity contribution in [1.29, 1.82) is 0 Å². The number of hydrogen-bond donors (Lipinski definition) is 6. The average molecular weight is 1010 g/mol. The number of carbonyl (C=O) groups is 1. The Labute approximate surface area is 439 Å². The number of carbonyl (C=O) groups excluding carboxylic acids is 1. The lowest BCUT2D eigenvalue weighted by Crippen LogP contribution is -2.60. The number of aliphatic hydroxyl groups is 5. The highest BCUT2D eigenvalue weighted by Gasteiger charge is 2.44. The summed E-state index contributed by atoms with van der Waals surface area (Å²) in [7, 11) is 0. The van der Waals surface area contributed by atoms with E-state index in [0.717, 1.165) is 57.8 Å². The van der Waals surface area contributed by atoms with Gasteiger partial charge in [0, 0.05) is 6.42 Å². The molecule has 1 heterocycles. The molecule has 0 aliphatic carbocycles. The summed E-state index contributed by atoms with van der Waals surface area (Å²) >= 11 is 0. The summed E-state index contributed by atoms with van der Waals surface area (Å²) in [5.41, 5.74) is 0. The lowest BCUT2D eigenvalue weighted by atomic mass is 9.99. The van der Waals surface area contributed by atoms with Crippen LogP contribution in [0.25, 0.3) is 0 Å². The van der Waals surface area contributed by atoms with Crippen LogP contribution in [-0.2, 0) is 14.3 Å². The number of nitrogens with one attached hydrogen (secondary N) is 1. The molecule has 0 aromatic rings. The van der Waals surface area contributed by atoms with Gasteiger partial charge in [0.15, 0.2) is 6.29 Å². The standard InChI is InChI=1S/C62H119NO8/c1-3-5-7-9-11-13-15-17-19-21-22-23-24-25-26-27-28-29-30-31-32-33-34-35-36-37-39-41-43-45-47-49-51-56(65)55(54-70-62-61(69)60(68)59(67)57(53-64)71-62)63-58(66)52-50-48-46-44-42-40-38-20-18-16-14-12-10-8-6-4-2/h20,38,49,51,55-57,59-62,64-65,67-69H,3-19,21-37,39-48,50,52-54H2,1-2H3,(H,63,66)/b38-20-,51-49+. The smallest absolute Gasteiger partial charge is 0.220 e. The van der Waals surface area contributed by atoms with Gasteiger partial charge in [0.2, 0.25) is 5.91 Å². The first-order valence-electron chi connectivity index (χ1n) is 31.1. The summed E-state index contributed by atoms with van der Waals surface area (Å²) in [5, 5.41) is 54.5. The molecule has 1 amide bonds. The van der Waals surface area contributed by atoms with E-state index < -0.39 is 49.5 Å². The van der Waals surface area contributed by atoms with Crippen molar-refractivity contribution in [3.8, 4) is 0 Å². The fraction of sp³-hybridized carbons (Fsp3) is 0.919. The molecule has 9 nitrogen and oxygen atoms in total. The van der Waals surface area contributed by atoms with Gasteiger partial charge in [-0.2, -0.15) is 0 Å². The third-order valence-corrected chi connectivity index (χ3v) is 15.0. The van der Waals surface area contributed by atoms with E-state index in [0.29, 0.717) is 6.42 Å². The van der Waals surface area contributed by atoms with E-state index in [1.807, 2.05) is 6.08 Å². The minimum Gasteiger partial charge on any atom is -0.394 e. The van der Waals surface area contributed by atoms with Crippen LogP contribution in [0.3, 0.4) is 0 Å². The monoisotopic (exact) mass is 1010 g/mol. The van der Waals surface area contributed by atoms with E-state index in [2.05, 4.69) is 31.3 Å². The molecule has 6 N–H and O–H groups in total. The Morgan fingerprint density at radius 3 is 1.14 bits per heavy atom. The Hall–Kier alpha value is -1.33. The second-order valence-corrected chi connectivity index (χ2v) is 21.9. The molecule has 1 rings (SSSR count). The van der Waals surface area contributed by atoms with Gasteiger partial charge in [-0.1, -0.05) is 282 Å². The van der Waals surface area contributed by atoms with E-state index in [1.165, 1.54) is 231 Å². The van der Waals surface area contributed by atoms with Gasteiger partial charge in [-0.15, -0.1) is 0 Å². The second kappa shape index (κ2) is 52.1. The Balaban J connectivity index is 2.14. The number of ether oxygens (including phenoxy) is 2. The zero-order chi connectivity index (χ0) is 51.5. The van der Waals surface area contributed by atoms with Crippen LogP contribution in [-0.4, -0.2) is 87.5 Å². The summed E-state index contributed by atoms with van der Waals surface area (Å²) in [6.07, 6.45) is 59.8. The molecule has 0 spiro atoms. The fourth-order valence-corrected chi connectivity index (χ4v) is 10.1. The van der Waals surface area contributed by atoms with Crippen molar-refractivity contribution in [2.75, 3.05) is 13.2 Å². The van der Waals surface area contributed by atoms with Crippen molar-refractivity contribution in [1.82, 2.24) is 5.32 Å². The highest BCUT2D eigenvalue weighted by molar-refractivity contribution is 5.76. The number of rotatable bonds is 54. The highest BCUT2D eigenvalue weighted by atomic mass is 16.7. The van der Waals surface area contributed by atoms with Crippen molar-refractivity contribution in [3.63, 3.8) is 0 Å². The molecular weight excluding hydrogens is 887 g/mol. The third kappa shape index (κ3) is 41.6. The predicted octanol–water partition coefficient (Wildman–Crippen LogP) is 15.7. The van der Waals surface area contributed by atoms with E-state index in [9.17, 15) is 30.3 Å². The van der Waals surface area contributed by atoms with Crippen LogP contribution >= 0.6 is 0 Å². The molecule has 1 saturated heterocycles. The maximum atomic E-state index is 13.0. The van der Waals surface area contributed by atoms with Gasteiger partial charge in [-0.3, -0.25) is 4.79 Å². The number of hydrogen-bond acceptors (Lipinski definition) is 8. The lowest BCUT2D eigenvalue weighted by Gasteiger charge is -2.40. The van der Waals surface area contributed by atoms with Gasteiger partial charge in [-0.25, -0.2) is 0 Å². The number of amides is 1. The van der Waals surface area contributed by atoms with Crippen molar-refractivity contribution < 1.29 is 39.8 Å². The molecule has 1 aliphatic heterocycles. The quantitative estimate of drug-likeness (QED) is 0.0261. The summed E-state index contributed by atoms with van der Waals surface area (Å²) in [5.74, 6) is -0.181. The molecule has 0 aromatic carbocycles. The maximum absolute atomic E-state index is 13.0. The number of allylic oxidation sites excluding steroid dienone is 3. The van der Waals surface area contributed by atoms with Crippen LogP contribution < -0.4 is 5.32 Å². The van der Waals surface area contributed by atoms with Gasteiger partial charge in [0.05, 0.1) is 25.4 Å². The van der Waals surface area contributed by atoms with Gasteiger partial charge in [0.25, 0.3) is 0 Å². The molecule has 7 unspecified atom stereocenters. The molecule has 1 aliphatic rings. The van der Waals surface area contributed by atoms with Crippen LogP contribution in [0.15, 0.2) is 24.3 Å². The summed E-state index contributed by atoms with van der Waals surface area (Å²) < 4.78 is 11.3. The van der Waals surface area contributed by atoms with E-state index >= 15 is 0 Å². The largest absolute Gasteiger partial charge is 0.394 e. The zero-order valence-electron chi connectivity index (χ0n) is 46.8. The van der Waals surface area contributed by atoms with Crippen molar-refractivity contribution in [2.45, 2.75) is 352 Å².